The number of benzene rings is 1. The smallest absolute Gasteiger partial charge is 0.261 e. The van der Waals surface area contributed by atoms with Crippen molar-refractivity contribution in [3.05, 3.63) is 29.0 Å². The predicted molar refractivity (Wildman–Crippen MR) is 94.3 cm³/mol. The molecule has 0 aliphatic carbocycles. The lowest BCUT2D eigenvalue weighted by Crippen LogP contribution is -2.04. The average molecular weight is 372 g/mol. The highest BCUT2D eigenvalue weighted by Crippen LogP contribution is 2.24. The van der Waals surface area contributed by atoms with E-state index in [0.29, 0.717) is 11.3 Å². The summed E-state index contributed by atoms with van der Waals surface area (Å²) < 4.78 is 27.9. The van der Waals surface area contributed by atoms with E-state index in [-0.39, 0.29) is 0 Å². The number of hydrogen-bond donors (Lipinski definition) is 2. The molecule has 10 heteroatoms. The van der Waals surface area contributed by atoms with Crippen molar-refractivity contribution < 1.29 is 13.0 Å². The first-order valence-corrected chi connectivity index (χ1v) is 9.46. The van der Waals surface area contributed by atoms with Crippen LogP contribution in [-0.2, 0) is 16.5 Å². The molecule has 130 valence electrons. The Bertz CT molecular complexity index is 963. The van der Waals surface area contributed by atoms with Gasteiger partial charge in [-0.15, -0.1) is 10.2 Å². The summed E-state index contributed by atoms with van der Waals surface area (Å²) in [5.41, 5.74) is 2.56. The SMILES string of the molecule is CCNc1nc2ccc(Cl)cc2n2c(CC)nnc12.CS(=O)(=O)O. The van der Waals surface area contributed by atoms with Crippen LogP contribution in [0.5, 0.6) is 0 Å². The number of aryl methyl sites for hydroxylation is 1. The molecule has 2 heterocycles. The van der Waals surface area contributed by atoms with Gasteiger partial charge in [-0.25, -0.2) is 4.98 Å². The maximum Gasteiger partial charge on any atom is 0.261 e. The minimum Gasteiger partial charge on any atom is -0.367 e. The van der Waals surface area contributed by atoms with Gasteiger partial charge < -0.3 is 5.32 Å². The quantitative estimate of drug-likeness (QED) is 0.680. The van der Waals surface area contributed by atoms with E-state index in [1.165, 1.54) is 0 Å². The lowest BCUT2D eigenvalue weighted by Gasteiger charge is -2.08. The van der Waals surface area contributed by atoms with Crippen LogP contribution >= 0.6 is 11.6 Å². The van der Waals surface area contributed by atoms with Gasteiger partial charge in [0.25, 0.3) is 10.1 Å². The molecule has 0 radical (unpaired) electrons. The molecule has 8 nitrogen and oxygen atoms in total. The number of rotatable bonds is 3. The zero-order chi connectivity index (χ0) is 17.9. The summed E-state index contributed by atoms with van der Waals surface area (Å²) in [5.74, 6) is 1.66. The molecule has 2 N–H and O–H groups in total. The normalized spacial score (nSPS) is 11.4. The van der Waals surface area contributed by atoms with E-state index in [9.17, 15) is 8.42 Å². The fourth-order valence-corrected chi connectivity index (χ4v) is 2.35. The predicted octanol–water partition coefficient (Wildman–Crippen LogP) is 2.43. The van der Waals surface area contributed by atoms with Crippen molar-refractivity contribution in [1.82, 2.24) is 19.6 Å². The molecule has 0 fully saturated rings. The minimum absolute atomic E-state index is 0.683. The lowest BCUT2D eigenvalue weighted by atomic mass is 10.3. The van der Waals surface area contributed by atoms with Crippen LogP contribution in [0, 0.1) is 0 Å². The molecule has 0 bridgehead atoms. The third-order valence-electron chi connectivity index (χ3n) is 3.01. The van der Waals surface area contributed by atoms with Gasteiger partial charge in [-0.05, 0) is 25.1 Å². The Morgan fingerprint density at radius 1 is 1.29 bits per heavy atom. The van der Waals surface area contributed by atoms with Crippen LogP contribution in [0.4, 0.5) is 5.82 Å². The largest absolute Gasteiger partial charge is 0.367 e. The van der Waals surface area contributed by atoms with E-state index in [1.807, 2.05) is 29.5 Å². The van der Waals surface area contributed by atoms with Crippen LogP contribution in [-0.4, -0.2) is 45.4 Å². The first kappa shape index (κ1) is 18.4. The summed E-state index contributed by atoms with van der Waals surface area (Å²) in [6.07, 6.45) is 1.52. The zero-order valence-electron chi connectivity index (χ0n) is 13.5. The summed E-state index contributed by atoms with van der Waals surface area (Å²) in [5, 5.41) is 12.4. The minimum atomic E-state index is -3.67. The van der Waals surface area contributed by atoms with Gasteiger partial charge in [0, 0.05) is 18.0 Å². The molecular weight excluding hydrogens is 354 g/mol. The van der Waals surface area contributed by atoms with Crippen LogP contribution in [0.3, 0.4) is 0 Å². The highest BCUT2D eigenvalue weighted by Gasteiger charge is 2.13. The van der Waals surface area contributed by atoms with Crippen molar-refractivity contribution in [1.29, 1.82) is 0 Å². The molecule has 0 aliphatic rings. The number of hydrogen-bond acceptors (Lipinski definition) is 6. The molecule has 0 aliphatic heterocycles. The van der Waals surface area contributed by atoms with E-state index in [2.05, 4.69) is 27.4 Å². The molecule has 0 saturated carbocycles. The first-order valence-electron chi connectivity index (χ1n) is 7.24. The van der Waals surface area contributed by atoms with Gasteiger partial charge in [0.05, 0.1) is 17.3 Å². The van der Waals surface area contributed by atoms with E-state index in [0.717, 1.165) is 41.3 Å². The Hall–Kier alpha value is -1.97. The highest BCUT2D eigenvalue weighted by atomic mass is 35.5. The van der Waals surface area contributed by atoms with E-state index in [1.54, 1.807) is 0 Å². The third kappa shape index (κ3) is 4.31. The Labute approximate surface area is 144 Å². The maximum absolute atomic E-state index is 9.19. The Balaban J connectivity index is 0.000000368. The van der Waals surface area contributed by atoms with Crippen molar-refractivity contribution in [2.75, 3.05) is 18.1 Å². The first-order chi connectivity index (χ1) is 11.2. The second-order valence-electron chi connectivity index (χ2n) is 4.99. The number of anilines is 1. The summed E-state index contributed by atoms with van der Waals surface area (Å²) in [7, 11) is -3.67. The molecule has 2 aromatic heterocycles. The molecule has 0 atom stereocenters. The third-order valence-corrected chi connectivity index (χ3v) is 3.25. The van der Waals surface area contributed by atoms with Gasteiger partial charge in [0.15, 0.2) is 5.82 Å². The van der Waals surface area contributed by atoms with Gasteiger partial charge in [-0.3, -0.25) is 8.95 Å². The molecule has 1 aromatic carbocycles. The highest BCUT2D eigenvalue weighted by molar-refractivity contribution is 7.85. The molecule has 24 heavy (non-hydrogen) atoms. The average Bonchev–Trinajstić information content (AvgIpc) is 2.91. The van der Waals surface area contributed by atoms with Gasteiger partial charge in [0.1, 0.15) is 5.82 Å². The second-order valence-corrected chi connectivity index (χ2v) is 6.89. The Morgan fingerprint density at radius 3 is 2.54 bits per heavy atom. The summed E-state index contributed by atoms with van der Waals surface area (Å²) in [6, 6.07) is 5.65. The number of halogens is 1. The van der Waals surface area contributed by atoms with Crippen LogP contribution < -0.4 is 5.32 Å². The number of fused-ring (bicyclic) bond motifs is 3. The number of nitrogens with zero attached hydrogens (tertiary/aromatic N) is 4. The van der Waals surface area contributed by atoms with Gasteiger partial charge in [-0.2, -0.15) is 8.42 Å². The second kappa shape index (κ2) is 7.29. The van der Waals surface area contributed by atoms with Crippen LogP contribution in [0.2, 0.25) is 5.02 Å². The van der Waals surface area contributed by atoms with Crippen LogP contribution in [0.15, 0.2) is 18.2 Å². The molecule has 0 spiro atoms. The summed E-state index contributed by atoms with van der Waals surface area (Å²) >= 11 is 6.09. The molecule has 3 rings (SSSR count). The fraction of sp³-hybridized carbons (Fsp3) is 0.357. The maximum atomic E-state index is 9.19. The Kier molecular flexibility index (Phi) is 5.58. The van der Waals surface area contributed by atoms with Crippen molar-refractivity contribution in [3.63, 3.8) is 0 Å². The monoisotopic (exact) mass is 371 g/mol. The lowest BCUT2D eigenvalue weighted by molar-refractivity contribution is 0.490. The number of aromatic nitrogens is 4. The molecular formula is C14H18ClN5O3S. The zero-order valence-corrected chi connectivity index (χ0v) is 15.1. The van der Waals surface area contributed by atoms with Crippen LogP contribution in [0.1, 0.15) is 19.7 Å². The molecule has 0 amide bonds. The summed E-state index contributed by atoms with van der Waals surface area (Å²) in [6.45, 7) is 4.87. The molecule has 0 unspecified atom stereocenters. The molecule has 3 aromatic rings. The standard InChI is InChI=1S/C13H14ClN5.CH4O3S/c1-3-11-17-18-13-12(15-4-2)16-9-6-5-8(14)7-10(9)19(11)13;1-5(2,3)4/h5-7H,3-4H2,1-2H3,(H,15,16);1H3,(H,2,3,4). The van der Waals surface area contributed by atoms with Crippen molar-refractivity contribution in [2.24, 2.45) is 0 Å². The fourth-order valence-electron chi connectivity index (χ4n) is 2.18. The summed E-state index contributed by atoms with van der Waals surface area (Å²) in [4.78, 5) is 4.59. The van der Waals surface area contributed by atoms with E-state index < -0.39 is 10.1 Å². The van der Waals surface area contributed by atoms with E-state index in [4.69, 9.17) is 16.2 Å². The number of nitrogens with one attached hydrogen (secondary N) is 1. The van der Waals surface area contributed by atoms with Crippen molar-refractivity contribution in [3.8, 4) is 0 Å². The van der Waals surface area contributed by atoms with E-state index >= 15 is 0 Å². The van der Waals surface area contributed by atoms with Crippen molar-refractivity contribution in [2.45, 2.75) is 20.3 Å². The topological polar surface area (TPSA) is 109 Å². The van der Waals surface area contributed by atoms with Gasteiger partial charge in [0.2, 0.25) is 5.65 Å². The van der Waals surface area contributed by atoms with Gasteiger partial charge >= 0.3 is 0 Å². The van der Waals surface area contributed by atoms with Crippen molar-refractivity contribution >= 4 is 44.2 Å². The molecule has 0 saturated heterocycles. The van der Waals surface area contributed by atoms with Crippen LogP contribution in [0.25, 0.3) is 16.7 Å². The Morgan fingerprint density at radius 2 is 1.96 bits per heavy atom. The van der Waals surface area contributed by atoms with Gasteiger partial charge in [-0.1, -0.05) is 18.5 Å².